The van der Waals surface area contributed by atoms with Gasteiger partial charge in [-0.3, -0.25) is 9.59 Å². The van der Waals surface area contributed by atoms with Crippen molar-refractivity contribution in [3.8, 4) is 5.75 Å². The number of rotatable bonds is 6. The van der Waals surface area contributed by atoms with Crippen molar-refractivity contribution in [2.45, 2.75) is 32.7 Å². The number of esters is 1. The third-order valence-electron chi connectivity index (χ3n) is 4.63. The number of thiazole rings is 1. The molecule has 1 aromatic heterocycles. The highest BCUT2D eigenvalue weighted by Gasteiger charge is 2.13. The summed E-state index contributed by atoms with van der Waals surface area (Å²) < 4.78 is 12.6. The summed E-state index contributed by atoms with van der Waals surface area (Å²) in [6, 6.07) is 13.5. The Balaban J connectivity index is 1.95. The minimum Gasteiger partial charge on any atom is -0.497 e. The Morgan fingerprint density at radius 2 is 1.83 bits per heavy atom. The molecule has 6 nitrogen and oxygen atoms in total. The van der Waals surface area contributed by atoms with Gasteiger partial charge in [-0.1, -0.05) is 49.4 Å². The molecular formula is C22H24N2O4S. The first-order valence-electron chi connectivity index (χ1n) is 9.32. The van der Waals surface area contributed by atoms with E-state index in [0.29, 0.717) is 16.5 Å². The lowest BCUT2D eigenvalue weighted by Gasteiger charge is -2.06. The topological polar surface area (TPSA) is 69.9 Å². The third kappa shape index (κ3) is 4.92. The number of hydrogen-bond donors (Lipinski definition) is 0. The molecule has 0 N–H and O–H groups in total. The molecule has 2 aromatic carbocycles. The maximum absolute atomic E-state index is 12.6. The van der Waals surface area contributed by atoms with Crippen molar-refractivity contribution in [3.63, 3.8) is 0 Å². The molecule has 29 heavy (non-hydrogen) atoms. The first kappa shape index (κ1) is 20.8. The number of aromatic nitrogens is 1. The van der Waals surface area contributed by atoms with Crippen molar-refractivity contribution in [3.05, 3.63) is 58.4 Å². The van der Waals surface area contributed by atoms with E-state index in [0.717, 1.165) is 15.8 Å². The fraction of sp³-hybridized carbons (Fsp3) is 0.318. The molecule has 0 aliphatic heterocycles. The van der Waals surface area contributed by atoms with Gasteiger partial charge in [0.05, 0.1) is 30.9 Å². The monoisotopic (exact) mass is 412 g/mol. The van der Waals surface area contributed by atoms with Gasteiger partial charge in [0, 0.05) is 0 Å². The molecule has 0 fully saturated rings. The molecule has 1 heterocycles. The highest BCUT2D eigenvalue weighted by Crippen LogP contribution is 2.23. The van der Waals surface area contributed by atoms with Gasteiger partial charge in [-0.25, -0.2) is 0 Å². The summed E-state index contributed by atoms with van der Waals surface area (Å²) in [5, 5.41) is 0. The Morgan fingerprint density at radius 1 is 1.10 bits per heavy atom. The van der Waals surface area contributed by atoms with E-state index in [1.165, 1.54) is 24.0 Å². The molecule has 0 aliphatic carbocycles. The lowest BCUT2D eigenvalue weighted by Crippen LogP contribution is -2.22. The fourth-order valence-electron chi connectivity index (χ4n) is 2.95. The smallest absolute Gasteiger partial charge is 0.325 e. The van der Waals surface area contributed by atoms with E-state index in [1.807, 2.05) is 42.5 Å². The van der Waals surface area contributed by atoms with Gasteiger partial charge in [0.1, 0.15) is 12.3 Å². The summed E-state index contributed by atoms with van der Waals surface area (Å²) in [6.45, 7) is 4.25. The van der Waals surface area contributed by atoms with E-state index in [2.05, 4.69) is 18.8 Å². The zero-order valence-corrected chi connectivity index (χ0v) is 17.8. The van der Waals surface area contributed by atoms with Crippen LogP contribution in [-0.2, 0) is 27.3 Å². The van der Waals surface area contributed by atoms with Gasteiger partial charge in [-0.15, -0.1) is 0 Å². The Kier molecular flexibility index (Phi) is 6.49. The zero-order chi connectivity index (χ0) is 21.0. The quantitative estimate of drug-likeness (QED) is 0.579. The molecule has 3 rings (SSSR count). The van der Waals surface area contributed by atoms with Crippen LogP contribution in [0.15, 0.2) is 47.5 Å². The van der Waals surface area contributed by atoms with Crippen LogP contribution in [0.5, 0.6) is 5.75 Å². The molecule has 0 saturated carbocycles. The largest absolute Gasteiger partial charge is 0.497 e. The van der Waals surface area contributed by atoms with Gasteiger partial charge in [-0.05, 0) is 35.2 Å². The van der Waals surface area contributed by atoms with Crippen LogP contribution in [0.1, 0.15) is 30.9 Å². The SMILES string of the molecule is COC(=O)Cn1c(=NC(=O)Cc2ccc(C(C)C)cc2)sc2cc(OC)ccc21. The molecular weight excluding hydrogens is 388 g/mol. The van der Waals surface area contributed by atoms with Crippen molar-refractivity contribution in [2.24, 2.45) is 4.99 Å². The summed E-state index contributed by atoms with van der Waals surface area (Å²) in [6.07, 6.45) is 0.203. The maximum atomic E-state index is 12.6. The number of nitrogens with zero attached hydrogens (tertiary/aromatic N) is 2. The van der Waals surface area contributed by atoms with E-state index < -0.39 is 5.97 Å². The lowest BCUT2D eigenvalue weighted by molar-refractivity contribution is -0.141. The second kappa shape index (κ2) is 9.05. The molecule has 0 spiro atoms. The van der Waals surface area contributed by atoms with Gasteiger partial charge in [0.25, 0.3) is 5.91 Å². The van der Waals surface area contributed by atoms with Gasteiger partial charge in [-0.2, -0.15) is 4.99 Å². The standard InChI is InChI=1S/C22H24N2O4S/c1-14(2)16-7-5-15(6-8-16)11-20(25)23-22-24(13-21(26)28-4)18-10-9-17(27-3)12-19(18)29-22/h5-10,12,14H,11,13H2,1-4H3. The number of carbonyl (C=O) groups excluding carboxylic acids is 2. The van der Waals surface area contributed by atoms with Crippen LogP contribution in [0.3, 0.4) is 0 Å². The van der Waals surface area contributed by atoms with Crippen molar-refractivity contribution in [2.75, 3.05) is 14.2 Å². The van der Waals surface area contributed by atoms with Crippen LogP contribution in [-0.4, -0.2) is 30.7 Å². The van der Waals surface area contributed by atoms with Crippen LogP contribution in [0.4, 0.5) is 0 Å². The number of methoxy groups -OCH3 is 2. The van der Waals surface area contributed by atoms with Gasteiger partial charge >= 0.3 is 5.97 Å². The van der Waals surface area contributed by atoms with Crippen LogP contribution in [0, 0.1) is 0 Å². The summed E-state index contributed by atoms with van der Waals surface area (Å²) >= 11 is 1.34. The van der Waals surface area contributed by atoms with Crippen molar-refractivity contribution in [1.82, 2.24) is 4.57 Å². The van der Waals surface area contributed by atoms with Crippen LogP contribution < -0.4 is 9.54 Å². The normalized spacial score (nSPS) is 11.8. The number of fused-ring (bicyclic) bond motifs is 1. The zero-order valence-electron chi connectivity index (χ0n) is 17.0. The predicted molar refractivity (Wildman–Crippen MR) is 113 cm³/mol. The molecule has 0 radical (unpaired) electrons. The fourth-order valence-corrected chi connectivity index (χ4v) is 4.03. The second-order valence-electron chi connectivity index (χ2n) is 6.96. The number of benzene rings is 2. The Bertz CT molecular complexity index is 1090. The summed E-state index contributed by atoms with van der Waals surface area (Å²) in [4.78, 5) is 29.2. The van der Waals surface area contributed by atoms with Crippen molar-refractivity contribution < 1.29 is 19.1 Å². The van der Waals surface area contributed by atoms with Crippen molar-refractivity contribution >= 4 is 33.4 Å². The van der Waals surface area contributed by atoms with E-state index in [-0.39, 0.29) is 18.9 Å². The Hall–Kier alpha value is -2.93. The molecule has 1 amide bonds. The average molecular weight is 413 g/mol. The van der Waals surface area contributed by atoms with Gasteiger partial charge in [0.2, 0.25) is 0 Å². The van der Waals surface area contributed by atoms with Crippen molar-refractivity contribution in [1.29, 1.82) is 0 Å². The van der Waals surface area contributed by atoms with E-state index >= 15 is 0 Å². The molecule has 0 atom stereocenters. The lowest BCUT2D eigenvalue weighted by atomic mass is 10.0. The second-order valence-corrected chi connectivity index (χ2v) is 7.97. The third-order valence-corrected chi connectivity index (χ3v) is 5.67. The van der Waals surface area contributed by atoms with Gasteiger partial charge < -0.3 is 14.0 Å². The van der Waals surface area contributed by atoms with E-state index in [9.17, 15) is 9.59 Å². The molecule has 0 aliphatic rings. The highest BCUT2D eigenvalue weighted by atomic mass is 32.1. The minimum absolute atomic E-state index is 0.0158. The van der Waals surface area contributed by atoms with Gasteiger partial charge in [0.15, 0.2) is 4.80 Å². The molecule has 152 valence electrons. The summed E-state index contributed by atoms with van der Waals surface area (Å²) in [7, 11) is 2.93. The first-order chi connectivity index (χ1) is 13.9. The summed E-state index contributed by atoms with van der Waals surface area (Å²) in [5.74, 6) is 0.475. The number of hydrogen-bond acceptors (Lipinski definition) is 5. The number of amides is 1. The minimum atomic E-state index is -0.404. The summed E-state index contributed by atoms with van der Waals surface area (Å²) in [5.41, 5.74) is 2.94. The molecule has 0 bridgehead atoms. The predicted octanol–water partition coefficient (Wildman–Crippen LogP) is 3.68. The average Bonchev–Trinajstić information content (AvgIpc) is 3.04. The van der Waals surface area contributed by atoms with E-state index in [1.54, 1.807) is 11.7 Å². The molecule has 0 unspecified atom stereocenters. The Labute approximate surface area is 173 Å². The Morgan fingerprint density at radius 3 is 2.45 bits per heavy atom. The number of carbonyl (C=O) groups is 2. The van der Waals surface area contributed by atoms with Crippen LogP contribution in [0.2, 0.25) is 0 Å². The van der Waals surface area contributed by atoms with E-state index in [4.69, 9.17) is 9.47 Å². The van der Waals surface area contributed by atoms with Crippen LogP contribution >= 0.6 is 11.3 Å². The van der Waals surface area contributed by atoms with Crippen LogP contribution in [0.25, 0.3) is 10.2 Å². The molecule has 0 saturated heterocycles. The maximum Gasteiger partial charge on any atom is 0.325 e. The first-order valence-corrected chi connectivity index (χ1v) is 10.1. The number of ether oxygens (including phenoxy) is 2. The highest BCUT2D eigenvalue weighted by molar-refractivity contribution is 7.16. The molecule has 3 aromatic rings. The molecule has 7 heteroatoms.